The second-order valence-corrected chi connectivity index (χ2v) is 6.26. The van der Waals surface area contributed by atoms with Gasteiger partial charge < -0.3 is 5.32 Å². The van der Waals surface area contributed by atoms with Crippen molar-refractivity contribution in [3.63, 3.8) is 0 Å². The second kappa shape index (κ2) is 5.70. The van der Waals surface area contributed by atoms with E-state index in [0.717, 1.165) is 24.0 Å². The van der Waals surface area contributed by atoms with E-state index >= 15 is 0 Å². The van der Waals surface area contributed by atoms with Crippen molar-refractivity contribution in [1.29, 1.82) is 0 Å². The minimum Gasteiger partial charge on any atom is -0.346 e. The molecule has 2 nitrogen and oxygen atoms in total. The van der Waals surface area contributed by atoms with E-state index in [-0.39, 0.29) is 11.4 Å². The maximum absolute atomic E-state index is 12.2. The van der Waals surface area contributed by atoms with Crippen LogP contribution >= 0.6 is 23.2 Å². The molecule has 4 heteroatoms. The maximum atomic E-state index is 12.2. The van der Waals surface area contributed by atoms with E-state index in [4.69, 9.17) is 23.2 Å². The largest absolute Gasteiger partial charge is 0.346 e. The summed E-state index contributed by atoms with van der Waals surface area (Å²) in [5.74, 6) is 0.0183. The monoisotopic (exact) mass is 319 g/mol. The highest BCUT2D eigenvalue weighted by molar-refractivity contribution is 6.35. The molecule has 1 amide bonds. The lowest BCUT2D eigenvalue weighted by molar-refractivity contribution is -0.121. The van der Waals surface area contributed by atoms with Crippen LogP contribution in [0.2, 0.25) is 10.0 Å². The molecule has 1 aliphatic rings. The molecule has 1 saturated carbocycles. The predicted molar refractivity (Wildman–Crippen MR) is 85.7 cm³/mol. The van der Waals surface area contributed by atoms with Gasteiger partial charge in [-0.15, -0.1) is 0 Å². The molecule has 2 aromatic rings. The Bertz CT molecular complexity index is 666. The minimum absolute atomic E-state index is 0.0183. The highest BCUT2D eigenvalue weighted by atomic mass is 35.5. The zero-order valence-electron chi connectivity index (χ0n) is 11.4. The van der Waals surface area contributed by atoms with Crippen LogP contribution in [0.5, 0.6) is 0 Å². The lowest BCUT2D eigenvalue weighted by Crippen LogP contribution is -2.36. The normalized spacial score (nSPS) is 15.5. The van der Waals surface area contributed by atoms with Crippen LogP contribution in [0.4, 0.5) is 0 Å². The molecule has 0 radical (unpaired) electrons. The van der Waals surface area contributed by atoms with Crippen LogP contribution in [-0.4, -0.2) is 5.91 Å². The van der Waals surface area contributed by atoms with Crippen molar-refractivity contribution in [3.8, 4) is 0 Å². The third-order valence-corrected chi connectivity index (χ3v) is 4.33. The van der Waals surface area contributed by atoms with E-state index in [9.17, 15) is 4.79 Å². The van der Waals surface area contributed by atoms with Gasteiger partial charge >= 0.3 is 0 Å². The molecule has 1 aliphatic carbocycles. The Hall–Kier alpha value is -1.51. The molecule has 0 unspecified atom stereocenters. The van der Waals surface area contributed by atoms with Gasteiger partial charge in [0.05, 0.1) is 12.0 Å². The van der Waals surface area contributed by atoms with Gasteiger partial charge in [-0.1, -0.05) is 59.6 Å². The quantitative estimate of drug-likeness (QED) is 0.892. The van der Waals surface area contributed by atoms with E-state index in [1.165, 1.54) is 0 Å². The zero-order chi connectivity index (χ0) is 14.9. The molecule has 0 spiro atoms. The lowest BCUT2D eigenvalue weighted by atomic mass is 10.0. The Morgan fingerprint density at radius 3 is 2.43 bits per heavy atom. The third kappa shape index (κ3) is 3.22. The minimum atomic E-state index is -0.312. The first-order valence-electron chi connectivity index (χ1n) is 6.90. The van der Waals surface area contributed by atoms with Crippen molar-refractivity contribution < 1.29 is 4.79 Å². The SMILES string of the molecule is O=C(Cc1ccccc1)NC1(c2ccc(Cl)cc2Cl)CC1. The summed E-state index contributed by atoms with van der Waals surface area (Å²) >= 11 is 12.2. The Morgan fingerprint density at radius 1 is 1.10 bits per heavy atom. The van der Waals surface area contributed by atoms with E-state index in [2.05, 4.69) is 5.32 Å². The van der Waals surface area contributed by atoms with E-state index in [1.807, 2.05) is 42.5 Å². The first kappa shape index (κ1) is 14.4. The Kier molecular flexibility index (Phi) is 3.92. The van der Waals surface area contributed by atoms with Crippen molar-refractivity contribution in [2.24, 2.45) is 0 Å². The Morgan fingerprint density at radius 2 is 1.81 bits per heavy atom. The summed E-state index contributed by atoms with van der Waals surface area (Å²) in [5, 5.41) is 4.34. The summed E-state index contributed by atoms with van der Waals surface area (Å²) in [5.41, 5.74) is 1.65. The van der Waals surface area contributed by atoms with Gasteiger partial charge in [-0.05, 0) is 36.1 Å². The highest BCUT2D eigenvalue weighted by Crippen LogP contribution is 2.48. The number of carbonyl (C=O) groups excluding carboxylic acids is 1. The van der Waals surface area contributed by atoms with Crippen LogP contribution in [-0.2, 0) is 16.8 Å². The predicted octanol–water partition coefficient (Wildman–Crippen LogP) is 4.34. The van der Waals surface area contributed by atoms with Gasteiger partial charge in [0.15, 0.2) is 0 Å². The zero-order valence-corrected chi connectivity index (χ0v) is 12.9. The van der Waals surface area contributed by atoms with Crippen LogP contribution in [0, 0.1) is 0 Å². The number of amides is 1. The number of hydrogen-bond donors (Lipinski definition) is 1. The van der Waals surface area contributed by atoms with Crippen molar-refractivity contribution in [3.05, 3.63) is 69.7 Å². The number of hydrogen-bond acceptors (Lipinski definition) is 1. The van der Waals surface area contributed by atoms with Gasteiger partial charge in [0.1, 0.15) is 0 Å². The Balaban J connectivity index is 1.73. The van der Waals surface area contributed by atoms with Crippen molar-refractivity contribution in [2.75, 3.05) is 0 Å². The lowest BCUT2D eigenvalue weighted by Gasteiger charge is -2.19. The molecule has 21 heavy (non-hydrogen) atoms. The summed E-state index contributed by atoms with van der Waals surface area (Å²) in [6.45, 7) is 0. The molecule has 0 bridgehead atoms. The average molecular weight is 320 g/mol. The fourth-order valence-electron chi connectivity index (χ4n) is 2.56. The van der Waals surface area contributed by atoms with E-state index < -0.39 is 0 Å². The summed E-state index contributed by atoms with van der Waals surface area (Å²) in [6.07, 6.45) is 2.21. The van der Waals surface area contributed by atoms with Crippen LogP contribution in [0.25, 0.3) is 0 Å². The van der Waals surface area contributed by atoms with Crippen LogP contribution in [0.1, 0.15) is 24.0 Å². The van der Waals surface area contributed by atoms with Gasteiger partial charge in [-0.2, -0.15) is 0 Å². The highest BCUT2D eigenvalue weighted by Gasteiger charge is 2.46. The fourth-order valence-corrected chi connectivity index (χ4v) is 3.15. The van der Waals surface area contributed by atoms with Gasteiger partial charge in [-0.3, -0.25) is 4.79 Å². The molecule has 1 N–H and O–H groups in total. The third-order valence-electron chi connectivity index (χ3n) is 3.78. The van der Waals surface area contributed by atoms with Crippen molar-refractivity contribution >= 4 is 29.1 Å². The summed E-state index contributed by atoms with van der Waals surface area (Å²) in [6, 6.07) is 15.2. The van der Waals surface area contributed by atoms with Crippen molar-refractivity contribution in [2.45, 2.75) is 24.8 Å². The molecule has 1 fully saturated rings. The summed E-state index contributed by atoms with van der Waals surface area (Å²) < 4.78 is 0. The fraction of sp³-hybridized carbons (Fsp3) is 0.235. The average Bonchev–Trinajstić information content (AvgIpc) is 3.20. The van der Waals surface area contributed by atoms with Gasteiger partial charge in [0.25, 0.3) is 0 Å². The Labute approximate surface area is 134 Å². The van der Waals surface area contributed by atoms with E-state index in [0.29, 0.717) is 16.5 Å². The number of halogens is 2. The van der Waals surface area contributed by atoms with Gasteiger partial charge in [-0.25, -0.2) is 0 Å². The first-order valence-corrected chi connectivity index (χ1v) is 7.65. The maximum Gasteiger partial charge on any atom is 0.225 e. The number of nitrogens with one attached hydrogen (secondary N) is 1. The smallest absolute Gasteiger partial charge is 0.225 e. The first-order chi connectivity index (χ1) is 10.1. The summed E-state index contributed by atoms with van der Waals surface area (Å²) in [7, 11) is 0. The number of benzene rings is 2. The van der Waals surface area contributed by atoms with Crippen LogP contribution < -0.4 is 5.32 Å². The number of carbonyl (C=O) groups is 1. The van der Waals surface area contributed by atoms with Crippen LogP contribution in [0.15, 0.2) is 48.5 Å². The molecule has 0 heterocycles. The van der Waals surface area contributed by atoms with Crippen molar-refractivity contribution in [1.82, 2.24) is 5.32 Å². The van der Waals surface area contributed by atoms with Crippen LogP contribution in [0.3, 0.4) is 0 Å². The second-order valence-electron chi connectivity index (χ2n) is 5.42. The molecular weight excluding hydrogens is 305 g/mol. The molecule has 3 rings (SSSR count). The van der Waals surface area contributed by atoms with Gasteiger partial charge in [0, 0.05) is 10.0 Å². The molecule has 0 saturated heterocycles. The van der Waals surface area contributed by atoms with E-state index in [1.54, 1.807) is 6.07 Å². The topological polar surface area (TPSA) is 29.1 Å². The number of rotatable bonds is 4. The summed E-state index contributed by atoms with van der Waals surface area (Å²) in [4.78, 5) is 12.2. The molecule has 2 aromatic carbocycles. The van der Waals surface area contributed by atoms with Gasteiger partial charge in [0.2, 0.25) is 5.91 Å². The standard InChI is InChI=1S/C17H15Cl2NO/c18-13-6-7-14(15(19)11-13)17(8-9-17)20-16(21)10-12-4-2-1-3-5-12/h1-7,11H,8-10H2,(H,20,21). The molecule has 0 aliphatic heterocycles. The molecular formula is C17H15Cl2NO. The molecule has 0 atom stereocenters. The molecule has 0 aromatic heterocycles. The molecule has 108 valence electrons.